The van der Waals surface area contributed by atoms with Gasteiger partial charge in [-0.1, -0.05) is 42.5 Å². The van der Waals surface area contributed by atoms with E-state index in [1.54, 1.807) is 6.92 Å². The van der Waals surface area contributed by atoms with Crippen molar-refractivity contribution in [1.82, 2.24) is 4.98 Å². The number of para-hydroxylation sites is 1. The minimum atomic E-state index is -0.507. The molecule has 0 atom stereocenters. The summed E-state index contributed by atoms with van der Waals surface area (Å²) in [4.78, 5) is 17.1. The zero-order valence-corrected chi connectivity index (χ0v) is 15.2. The molecule has 0 saturated heterocycles. The third-order valence-electron chi connectivity index (χ3n) is 4.31. The van der Waals surface area contributed by atoms with Gasteiger partial charge in [-0.25, -0.2) is 9.78 Å². The lowest BCUT2D eigenvalue weighted by molar-refractivity contribution is 0.0513. The van der Waals surface area contributed by atoms with E-state index in [2.05, 4.69) is 4.98 Å². The van der Waals surface area contributed by atoms with Crippen molar-refractivity contribution >= 4 is 16.9 Å². The van der Waals surface area contributed by atoms with Crippen molar-refractivity contribution in [1.29, 1.82) is 0 Å². The molecule has 1 aliphatic rings. The Morgan fingerprint density at radius 2 is 1.78 bits per heavy atom. The van der Waals surface area contributed by atoms with Crippen LogP contribution in [-0.4, -0.2) is 23.7 Å². The van der Waals surface area contributed by atoms with Crippen LogP contribution in [0, 0.1) is 0 Å². The van der Waals surface area contributed by atoms with Crippen LogP contribution in [0.25, 0.3) is 10.9 Å². The van der Waals surface area contributed by atoms with E-state index in [0.717, 1.165) is 23.8 Å². The summed E-state index contributed by atoms with van der Waals surface area (Å²) in [6.07, 6.45) is 2.16. The molecule has 0 aliphatic heterocycles. The first-order valence-electron chi connectivity index (χ1n) is 9.19. The van der Waals surface area contributed by atoms with Crippen LogP contribution < -0.4 is 9.47 Å². The van der Waals surface area contributed by atoms with Gasteiger partial charge in [0.15, 0.2) is 17.2 Å². The molecule has 27 heavy (non-hydrogen) atoms. The number of nitrogens with zero attached hydrogens (tertiary/aromatic N) is 1. The van der Waals surface area contributed by atoms with E-state index in [1.807, 2.05) is 54.6 Å². The van der Waals surface area contributed by atoms with Gasteiger partial charge in [0, 0.05) is 5.39 Å². The normalized spacial score (nSPS) is 13.4. The zero-order valence-electron chi connectivity index (χ0n) is 15.2. The smallest absolute Gasteiger partial charge is 0.360 e. The molecule has 1 aromatic heterocycles. The Kier molecular flexibility index (Phi) is 4.92. The summed E-state index contributed by atoms with van der Waals surface area (Å²) in [6, 6.07) is 17.4. The van der Waals surface area contributed by atoms with Gasteiger partial charge < -0.3 is 14.2 Å². The van der Waals surface area contributed by atoms with Crippen LogP contribution in [0.15, 0.2) is 54.6 Å². The third-order valence-corrected chi connectivity index (χ3v) is 4.31. The number of fused-ring (bicyclic) bond motifs is 1. The Hall–Kier alpha value is -3.08. The molecule has 1 aliphatic carbocycles. The lowest BCUT2D eigenvalue weighted by Gasteiger charge is -2.17. The maximum atomic E-state index is 12.6. The summed E-state index contributed by atoms with van der Waals surface area (Å²) < 4.78 is 17.4. The van der Waals surface area contributed by atoms with Crippen LogP contribution in [0.3, 0.4) is 0 Å². The number of aromatic nitrogens is 1. The van der Waals surface area contributed by atoms with Crippen molar-refractivity contribution in [3.8, 4) is 11.5 Å². The molecule has 5 heteroatoms. The number of ether oxygens (including phenoxy) is 3. The number of rotatable bonds is 7. The molecule has 0 radical (unpaired) electrons. The first-order valence-corrected chi connectivity index (χ1v) is 9.19. The molecule has 3 aromatic rings. The number of pyridine rings is 1. The van der Waals surface area contributed by atoms with Crippen LogP contribution in [0.1, 0.15) is 35.8 Å². The highest BCUT2D eigenvalue weighted by atomic mass is 16.5. The van der Waals surface area contributed by atoms with Gasteiger partial charge in [0.1, 0.15) is 6.61 Å². The fourth-order valence-corrected chi connectivity index (χ4v) is 2.84. The summed E-state index contributed by atoms with van der Waals surface area (Å²) in [5.41, 5.74) is 1.84. The molecule has 4 rings (SSSR count). The van der Waals surface area contributed by atoms with Gasteiger partial charge in [-0.2, -0.15) is 0 Å². The average molecular weight is 363 g/mol. The molecule has 0 spiro atoms. The van der Waals surface area contributed by atoms with Gasteiger partial charge in [-0.15, -0.1) is 0 Å². The molecule has 1 fully saturated rings. The number of benzene rings is 2. The predicted molar refractivity (Wildman–Crippen MR) is 102 cm³/mol. The number of carbonyl (C=O) groups excluding carboxylic acids is 1. The molecule has 0 amide bonds. The average Bonchev–Trinajstić information content (AvgIpc) is 3.52. The van der Waals surface area contributed by atoms with Crippen molar-refractivity contribution in [3.63, 3.8) is 0 Å². The second-order valence-electron chi connectivity index (χ2n) is 6.45. The van der Waals surface area contributed by atoms with E-state index in [9.17, 15) is 4.79 Å². The van der Waals surface area contributed by atoms with E-state index in [1.165, 1.54) is 0 Å². The Balaban J connectivity index is 1.80. The van der Waals surface area contributed by atoms with E-state index in [4.69, 9.17) is 14.2 Å². The number of esters is 1. The van der Waals surface area contributed by atoms with Gasteiger partial charge in [-0.05, 0) is 37.5 Å². The van der Waals surface area contributed by atoms with Crippen molar-refractivity contribution in [3.05, 3.63) is 65.9 Å². The van der Waals surface area contributed by atoms with Gasteiger partial charge in [-0.3, -0.25) is 0 Å². The molecular formula is C22H21NO4. The molecule has 5 nitrogen and oxygen atoms in total. The summed E-state index contributed by atoms with van der Waals surface area (Å²) >= 11 is 0. The largest absolute Gasteiger partial charge is 0.486 e. The highest BCUT2D eigenvalue weighted by Gasteiger charge is 2.30. The van der Waals surface area contributed by atoms with Crippen LogP contribution in [0.4, 0.5) is 0 Å². The first kappa shape index (κ1) is 17.3. The molecule has 2 aromatic carbocycles. The van der Waals surface area contributed by atoms with Crippen LogP contribution >= 0.6 is 0 Å². The van der Waals surface area contributed by atoms with Crippen LogP contribution in [0.2, 0.25) is 0 Å². The van der Waals surface area contributed by atoms with Gasteiger partial charge in [0.25, 0.3) is 0 Å². The molecule has 138 valence electrons. The fourth-order valence-electron chi connectivity index (χ4n) is 2.84. The van der Waals surface area contributed by atoms with Crippen LogP contribution in [-0.2, 0) is 11.3 Å². The molecule has 0 bridgehead atoms. The standard InChI is InChI=1S/C22H21NO4/c1-2-25-22(24)19-21(26-14-15-8-4-3-5-9-15)20(27-16-12-13-16)17-10-6-7-11-18(17)23-19/h3-11,16H,2,12-14H2,1H3. The predicted octanol–water partition coefficient (Wildman–Crippen LogP) is 4.53. The molecule has 0 unspecified atom stereocenters. The van der Waals surface area contributed by atoms with E-state index < -0.39 is 5.97 Å². The van der Waals surface area contributed by atoms with Gasteiger partial charge in [0.2, 0.25) is 0 Å². The fraction of sp³-hybridized carbons (Fsp3) is 0.273. The highest BCUT2D eigenvalue weighted by Crippen LogP contribution is 2.41. The highest BCUT2D eigenvalue weighted by molar-refractivity contribution is 5.98. The third kappa shape index (κ3) is 3.87. The van der Waals surface area contributed by atoms with E-state index in [-0.39, 0.29) is 18.4 Å². The molecular weight excluding hydrogens is 342 g/mol. The summed E-state index contributed by atoms with van der Waals surface area (Å²) in [5.74, 6) is 0.414. The molecule has 0 N–H and O–H groups in total. The van der Waals surface area contributed by atoms with Crippen molar-refractivity contribution in [2.24, 2.45) is 0 Å². The topological polar surface area (TPSA) is 57.7 Å². The second-order valence-corrected chi connectivity index (χ2v) is 6.45. The number of carbonyl (C=O) groups is 1. The number of hydrogen-bond donors (Lipinski definition) is 0. The molecule has 1 saturated carbocycles. The Labute approximate surface area is 157 Å². The van der Waals surface area contributed by atoms with Gasteiger partial charge in [0.05, 0.1) is 18.2 Å². The van der Waals surface area contributed by atoms with Crippen molar-refractivity contribution < 1.29 is 19.0 Å². The quantitative estimate of drug-likeness (QED) is 0.577. The summed E-state index contributed by atoms with van der Waals surface area (Å²) in [6.45, 7) is 2.35. The lowest BCUT2D eigenvalue weighted by atomic mass is 10.1. The van der Waals surface area contributed by atoms with Crippen LogP contribution in [0.5, 0.6) is 11.5 Å². The minimum absolute atomic E-state index is 0.155. The summed E-state index contributed by atoms with van der Waals surface area (Å²) in [5, 5.41) is 0.834. The SMILES string of the molecule is CCOC(=O)c1nc2ccccc2c(OC2CC2)c1OCc1ccccc1. The summed E-state index contributed by atoms with van der Waals surface area (Å²) in [7, 11) is 0. The maximum absolute atomic E-state index is 12.6. The monoisotopic (exact) mass is 363 g/mol. The lowest BCUT2D eigenvalue weighted by Crippen LogP contribution is -2.13. The first-order chi connectivity index (χ1) is 13.3. The van der Waals surface area contributed by atoms with E-state index >= 15 is 0 Å². The minimum Gasteiger partial charge on any atom is -0.486 e. The van der Waals surface area contributed by atoms with Gasteiger partial charge >= 0.3 is 5.97 Å². The van der Waals surface area contributed by atoms with E-state index in [0.29, 0.717) is 23.6 Å². The van der Waals surface area contributed by atoms with Crippen molar-refractivity contribution in [2.75, 3.05) is 6.61 Å². The Bertz CT molecular complexity index is 951. The second kappa shape index (κ2) is 7.66. The van der Waals surface area contributed by atoms with Crippen molar-refractivity contribution in [2.45, 2.75) is 32.5 Å². The zero-order chi connectivity index (χ0) is 18.6. The number of hydrogen-bond acceptors (Lipinski definition) is 5. The Morgan fingerprint density at radius 3 is 2.52 bits per heavy atom. The maximum Gasteiger partial charge on any atom is 0.360 e. The molecule has 1 heterocycles. The Morgan fingerprint density at radius 1 is 1.04 bits per heavy atom.